The van der Waals surface area contributed by atoms with Crippen molar-refractivity contribution in [2.75, 3.05) is 0 Å². The van der Waals surface area contributed by atoms with Gasteiger partial charge in [-0.05, 0) is 43.5 Å². The van der Waals surface area contributed by atoms with Gasteiger partial charge in [0.25, 0.3) is 0 Å². The molecule has 0 bridgehead atoms. The van der Waals surface area contributed by atoms with Crippen molar-refractivity contribution in [3.8, 4) is 21.8 Å². The van der Waals surface area contributed by atoms with Gasteiger partial charge >= 0.3 is 0 Å². The Morgan fingerprint density at radius 1 is 0.909 bits per heavy atom. The second kappa shape index (κ2) is 6.03. The number of hydrogen-bond donors (Lipinski definition) is 1. The van der Waals surface area contributed by atoms with Crippen LogP contribution in [0.3, 0.4) is 0 Å². The molecule has 112 valence electrons. The molecule has 0 amide bonds. The van der Waals surface area contributed by atoms with E-state index in [9.17, 15) is 0 Å². The van der Waals surface area contributed by atoms with Gasteiger partial charge in [-0.15, -0.1) is 11.3 Å². The fourth-order valence-electron chi connectivity index (χ4n) is 2.46. The monoisotopic (exact) mass is 308 g/mol. The van der Waals surface area contributed by atoms with Crippen LogP contribution >= 0.6 is 11.3 Å². The predicted molar refractivity (Wildman–Crippen MR) is 95.1 cm³/mol. The molecule has 1 heterocycles. The molecule has 2 nitrogen and oxygen atoms in total. The zero-order valence-electron chi connectivity index (χ0n) is 13.2. The van der Waals surface area contributed by atoms with E-state index in [-0.39, 0.29) is 0 Å². The van der Waals surface area contributed by atoms with Crippen LogP contribution in [0.5, 0.6) is 0 Å². The maximum absolute atomic E-state index is 5.66. The van der Waals surface area contributed by atoms with Gasteiger partial charge < -0.3 is 5.73 Å². The van der Waals surface area contributed by atoms with Gasteiger partial charge in [-0.3, -0.25) is 0 Å². The first-order valence-electron chi connectivity index (χ1n) is 7.43. The summed E-state index contributed by atoms with van der Waals surface area (Å²) in [7, 11) is 0. The van der Waals surface area contributed by atoms with Gasteiger partial charge in [-0.2, -0.15) is 0 Å². The Morgan fingerprint density at radius 2 is 1.59 bits per heavy atom. The fraction of sp³-hybridized carbons (Fsp3) is 0.211. The molecule has 0 spiro atoms. The smallest absolute Gasteiger partial charge is 0.124 e. The van der Waals surface area contributed by atoms with Crippen LogP contribution < -0.4 is 5.73 Å². The van der Waals surface area contributed by atoms with Crippen molar-refractivity contribution in [2.45, 2.75) is 27.3 Å². The maximum atomic E-state index is 5.66. The molecule has 0 saturated heterocycles. The highest BCUT2D eigenvalue weighted by atomic mass is 32.1. The predicted octanol–water partition coefficient (Wildman–Crippen LogP) is 4.86. The maximum Gasteiger partial charge on any atom is 0.124 e. The highest BCUT2D eigenvalue weighted by Gasteiger charge is 2.12. The lowest BCUT2D eigenvalue weighted by Crippen LogP contribution is -1.95. The Bertz CT molecular complexity index is 801. The lowest BCUT2D eigenvalue weighted by Gasteiger charge is -2.03. The van der Waals surface area contributed by atoms with Crippen LogP contribution in [0.2, 0.25) is 0 Å². The molecular weight excluding hydrogens is 288 g/mol. The third kappa shape index (κ3) is 2.82. The Morgan fingerprint density at radius 3 is 2.23 bits per heavy atom. The molecule has 3 rings (SSSR count). The molecule has 0 aliphatic carbocycles. The van der Waals surface area contributed by atoms with Crippen molar-refractivity contribution >= 4 is 11.3 Å². The molecule has 0 aliphatic rings. The van der Waals surface area contributed by atoms with E-state index in [1.807, 2.05) is 0 Å². The van der Waals surface area contributed by atoms with Gasteiger partial charge in [-0.1, -0.05) is 36.4 Å². The van der Waals surface area contributed by atoms with Crippen molar-refractivity contribution in [3.05, 3.63) is 64.0 Å². The third-order valence-electron chi connectivity index (χ3n) is 4.01. The number of aryl methyl sites for hydroxylation is 3. The molecule has 1 aromatic heterocycles. The Hall–Kier alpha value is -1.97. The van der Waals surface area contributed by atoms with Crippen LogP contribution in [0.1, 0.15) is 21.6 Å². The summed E-state index contributed by atoms with van der Waals surface area (Å²) in [5.41, 5.74) is 12.9. The second-order valence-electron chi connectivity index (χ2n) is 5.62. The number of benzene rings is 2. The molecule has 3 aromatic rings. The number of nitrogens with two attached hydrogens (primary N) is 1. The van der Waals surface area contributed by atoms with Gasteiger partial charge in [0.15, 0.2) is 0 Å². The summed E-state index contributed by atoms with van der Waals surface area (Å²) in [5, 5.41) is 1.06. The van der Waals surface area contributed by atoms with Gasteiger partial charge in [-0.25, -0.2) is 4.98 Å². The normalized spacial score (nSPS) is 10.9. The first kappa shape index (κ1) is 14.9. The fourth-order valence-corrected chi connectivity index (χ4v) is 3.40. The highest BCUT2D eigenvalue weighted by Crippen LogP contribution is 2.33. The molecule has 0 radical (unpaired) electrons. The molecule has 22 heavy (non-hydrogen) atoms. The van der Waals surface area contributed by atoms with Crippen LogP contribution in [0.25, 0.3) is 21.8 Å². The van der Waals surface area contributed by atoms with Gasteiger partial charge in [0.1, 0.15) is 5.01 Å². The van der Waals surface area contributed by atoms with Gasteiger partial charge in [0, 0.05) is 22.5 Å². The number of aromatic nitrogens is 1. The molecule has 3 heteroatoms. The van der Waals surface area contributed by atoms with E-state index in [4.69, 9.17) is 10.7 Å². The van der Waals surface area contributed by atoms with Crippen LogP contribution in [-0.4, -0.2) is 4.98 Å². The van der Waals surface area contributed by atoms with Crippen molar-refractivity contribution in [1.82, 2.24) is 4.98 Å². The summed E-state index contributed by atoms with van der Waals surface area (Å²) in [6, 6.07) is 14.9. The SMILES string of the molecule is Cc1ccc(-c2nc(-c3ccc(CN)cc3)sc2C)cc1C. The minimum Gasteiger partial charge on any atom is -0.326 e. The summed E-state index contributed by atoms with van der Waals surface area (Å²) in [5.74, 6) is 0. The molecule has 2 aromatic carbocycles. The van der Waals surface area contributed by atoms with E-state index < -0.39 is 0 Å². The summed E-state index contributed by atoms with van der Waals surface area (Å²) < 4.78 is 0. The van der Waals surface area contributed by atoms with Crippen molar-refractivity contribution in [3.63, 3.8) is 0 Å². The molecule has 2 N–H and O–H groups in total. The van der Waals surface area contributed by atoms with Crippen molar-refractivity contribution in [2.24, 2.45) is 5.73 Å². The van der Waals surface area contributed by atoms with Gasteiger partial charge in [0.05, 0.1) is 5.69 Å². The summed E-state index contributed by atoms with van der Waals surface area (Å²) in [6.07, 6.45) is 0. The zero-order valence-corrected chi connectivity index (χ0v) is 14.0. The van der Waals surface area contributed by atoms with Gasteiger partial charge in [0.2, 0.25) is 0 Å². The first-order valence-corrected chi connectivity index (χ1v) is 8.24. The molecule has 0 aliphatic heterocycles. The van der Waals surface area contributed by atoms with Crippen molar-refractivity contribution in [1.29, 1.82) is 0 Å². The number of nitrogens with zero attached hydrogens (tertiary/aromatic N) is 1. The standard InChI is InChI=1S/C19H20N2S/c1-12-4-7-17(10-13(12)2)18-14(3)22-19(21-18)16-8-5-15(11-20)6-9-16/h4-10H,11,20H2,1-3H3. The van der Waals surface area contributed by atoms with E-state index in [0.29, 0.717) is 6.54 Å². The second-order valence-corrected chi connectivity index (χ2v) is 6.83. The molecule has 0 unspecified atom stereocenters. The summed E-state index contributed by atoms with van der Waals surface area (Å²) >= 11 is 1.74. The zero-order chi connectivity index (χ0) is 15.7. The summed E-state index contributed by atoms with van der Waals surface area (Å²) in [6.45, 7) is 7.00. The van der Waals surface area contributed by atoms with E-state index in [1.54, 1.807) is 11.3 Å². The Labute approximate surface area is 135 Å². The minimum atomic E-state index is 0.574. The Balaban J connectivity index is 2.00. The van der Waals surface area contributed by atoms with Crippen LogP contribution in [0.4, 0.5) is 0 Å². The molecule has 0 saturated carbocycles. The van der Waals surface area contributed by atoms with Crippen molar-refractivity contribution < 1.29 is 0 Å². The average molecular weight is 308 g/mol. The average Bonchev–Trinajstić information content (AvgIpc) is 2.92. The van der Waals surface area contributed by atoms with E-state index in [1.165, 1.54) is 21.6 Å². The van der Waals surface area contributed by atoms with Crippen LogP contribution in [0, 0.1) is 20.8 Å². The topological polar surface area (TPSA) is 38.9 Å². The quantitative estimate of drug-likeness (QED) is 0.750. The minimum absolute atomic E-state index is 0.574. The summed E-state index contributed by atoms with van der Waals surface area (Å²) in [4.78, 5) is 6.11. The largest absolute Gasteiger partial charge is 0.326 e. The van der Waals surface area contributed by atoms with Crippen LogP contribution in [0.15, 0.2) is 42.5 Å². The molecule has 0 atom stereocenters. The number of thiazole rings is 1. The molecular formula is C19H20N2S. The van der Waals surface area contributed by atoms with Crippen LogP contribution in [-0.2, 0) is 6.54 Å². The number of hydrogen-bond acceptors (Lipinski definition) is 3. The number of rotatable bonds is 3. The molecule has 0 fully saturated rings. The Kier molecular flexibility index (Phi) is 4.10. The third-order valence-corrected chi connectivity index (χ3v) is 5.03. The van der Waals surface area contributed by atoms with E-state index >= 15 is 0 Å². The lowest BCUT2D eigenvalue weighted by molar-refractivity contribution is 1.07. The highest BCUT2D eigenvalue weighted by molar-refractivity contribution is 7.15. The van der Waals surface area contributed by atoms with E-state index in [0.717, 1.165) is 21.8 Å². The van der Waals surface area contributed by atoms with E-state index in [2.05, 4.69) is 63.2 Å². The first-order chi connectivity index (χ1) is 10.6. The lowest BCUT2D eigenvalue weighted by atomic mass is 10.0.